The van der Waals surface area contributed by atoms with Crippen molar-refractivity contribution in [2.24, 2.45) is 0 Å². The molecule has 21 heavy (non-hydrogen) atoms. The van der Waals surface area contributed by atoms with E-state index in [1.807, 2.05) is 12.1 Å². The predicted octanol–water partition coefficient (Wildman–Crippen LogP) is 3.31. The largest absolute Gasteiger partial charge is 0.379 e. The van der Waals surface area contributed by atoms with E-state index in [0.717, 1.165) is 24.8 Å². The average molecular weight is 308 g/mol. The molecule has 1 aliphatic carbocycles. The van der Waals surface area contributed by atoms with Crippen molar-refractivity contribution in [2.75, 3.05) is 5.32 Å². The molecule has 1 aliphatic rings. The molecule has 2 unspecified atom stereocenters. The van der Waals surface area contributed by atoms with Gasteiger partial charge in [0.15, 0.2) is 0 Å². The van der Waals surface area contributed by atoms with Crippen molar-refractivity contribution in [3.05, 3.63) is 57.2 Å². The fourth-order valence-corrected chi connectivity index (χ4v) is 3.07. The van der Waals surface area contributed by atoms with Crippen molar-refractivity contribution in [3.8, 4) is 0 Å². The van der Waals surface area contributed by atoms with Gasteiger partial charge in [-0.05, 0) is 30.5 Å². The number of H-pyrrole nitrogens is 1. The van der Waals surface area contributed by atoms with Crippen LogP contribution in [-0.4, -0.2) is 16.2 Å². The minimum absolute atomic E-state index is 0.120. The van der Waals surface area contributed by atoms with E-state index in [-0.39, 0.29) is 22.8 Å². The van der Waals surface area contributed by atoms with Crippen LogP contribution >= 0.6 is 11.6 Å². The number of benzene rings is 1. The highest BCUT2D eigenvalue weighted by Crippen LogP contribution is 2.37. The Morgan fingerprint density at radius 2 is 2.05 bits per heavy atom. The minimum atomic E-state index is -0.405. The summed E-state index contributed by atoms with van der Waals surface area (Å²) >= 11 is 5.99. The van der Waals surface area contributed by atoms with Crippen LogP contribution in [0.25, 0.3) is 0 Å². The molecule has 2 aromatic rings. The van der Waals surface area contributed by atoms with Crippen molar-refractivity contribution in [1.29, 1.82) is 0 Å². The number of aromatic amines is 1. The van der Waals surface area contributed by atoms with E-state index < -0.39 is 5.56 Å². The summed E-state index contributed by atoms with van der Waals surface area (Å²) in [7, 11) is 0. The maximum atomic E-state index is 13.0. The topological polar surface area (TPSA) is 57.8 Å². The Balaban J connectivity index is 1.83. The van der Waals surface area contributed by atoms with Gasteiger partial charge in [0.25, 0.3) is 5.56 Å². The third kappa shape index (κ3) is 2.93. The van der Waals surface area contributed by atoms with E-state index in [1.165, 1.54) is 18.3 Å². The lowest BCUT2D eigenvalue weighted by Crippen LogP contribution is -2.24. The maximum Gasteiger partial charge on any atom is 0.285 e. The van der Waals surface area contributed by atoms with Crippen molar-refractivity contribution in [2.45, 2.75) is 31.2 Å². The summed E-state index contributed by atoms with van der Waals surface area (Å²) in [6.07, 6.45) is 4.60. The Morgan fingerprint density at radius 3 is 2.81 bits per heavy atom. The van der Waals surface area contributed by atoms with E-state index in [2.05, 4.69) is 15.5 Å². The lowest BCUT2D eigenvalue weighted by Gasteiger charge is -2.22. The van der Waals surface area contributed by atoms with Gasteiger partial charge in [-0.2, -0.15) is 5.10 Å². The molecule has 0 saturated heterocycles. The van der Waals surface area contributed by atoms with E-state index in [1.54, 1.807) is 0 Å². The summed E-state index contributed by atoms with van der Waals surface area (Å²) in [5, 5.41) is 9.48. The van der Waals surface area contributed by atoms with Crippen LogP contribution in [0.4, 0.5) is 10.1 Å². The molecule has 0 aliphatic heterocycles. The van der Waals surface area contributed by atoms with Crippen molar-refractivity contribution in [1.82, 2.24) is 10.2 Å². The summed E-state index contributed by atoms with van der Waals surface area (Å²) in [4.78, 5) is 11.5. The summed E-state index contributed by atoms with van der Waals surface area (Å²) < 4.78 is 13.0. The van der Waals surface area contributed by atoms with Gasteiger partial charge >= 0.3 is 0 Å². The third-order valence-corrected chi connectivity index (χ3v) is 4.33. The molecule has 1 aromatic carbocycles. The van der Waals surface area contributed by atoms with Crippen LogP contribution in [0, 0.1) is 5.82 Å². The molecule has 110 valence electrons. The molecule has 0 amide bonds. The van der Waals surface area contributed by atoms with Crippen LogP contribution in [-0.2, 0) is 0 Å². The van der Waals surface area contributed by atoms with E-state index in [9.17, 15) is 9.18 Å². The molecule has 0 spiro atoms. The third-order valence-electron chi connectivity index (χ3n) is 3.95. The fourth-order valence-electron chi connectivity index (χ4n) is 2.93. The van der Waals surface area contributed by atoms with Crippen LogP contribution in [0.15, 0.2) is 35.3 Å². The fraction of sp³-hybridized carbons (Fsp3) is 0.333. The number of hydrogen-bond acceptors (Lipinski definition) is 3. The van der Waals surface area contributed by atoms with Gasteiger partial charge in [0.05, 0.1) is 11.9 Å². The standard InChI is InChI=1S/C15H15ClFN3O/c16-14-13(8-18-20-15(14)21)19-12-3-1-2-11(12)9-4-6-10(17)7-5-9/h4-8,11-12H,1-3H2,(H2,19,20,21). The van der Waals surface area contributed by atoms with E-state index in [0.29, 0.717) is 5.69 Å². The molecule has 1 fully saturated rings. The van der Waals surface area contributed by atoms with Crippen LogP contribution in [0.3, 0.4) is 0 Å². The normalized spacial score (nSPS) is 21.4. The second-order valence-corrected chi connectivity index (χ2v) is 5.64. The smallest absolute Gasteiger partial charge is 0.285 e. The highest BCUT2D eigenvalue weighted by Gasteiger charge is 2.29. The number of halogens is 2. The summed E-state index contributed by atoms with van der Waals surface area (Å²) in [5.41, 5.74) is 1.23. The quantitative estimate of drug-likeness (QED) is 0.914. The Morgan fingerprint density at radius 1 is 1.29 bits per heavy atom. The second-order valence-electron chi connectivity index (χ2n) is 5.27. The van der Waals surface area contributed by atoms with Gasteiger partial charge in [0.2, 0.25) is 0 Å². The number of nitrogens with one attached hydrogen (secondary N) is 2. The van der Waals surface area contributed by atoms with Crippen molar-refractivity contribution in [3.63, 3.8) is 0 Å². The zero-order chi connectivity index (χ0) is 14.8. The molecule has 1 aromatic heterocycles. The zero-order valence-electron chi connectivity index (χ0n) is 11.3. The van der Waals surface area contributed by atoms with Gasteiger partial charge in [0.1, 0.15) is 10.8 Å². The molecule has 1 heterocycles. The SMILES string of the molecule is O=c1[nH]ncc(NC2CCCC2c2ccc(F)cc2)c1Cl. The van der Waals surface area contributed by atoms with Gasteiger partial charge in [-0.1, -0.05) is 30.2 Å². The van der Waals surface area contributed by atoms with Crippen LogP contribution in [0.1, 0.15) is 30.7 Å². The van der Waals surface area contributed by atoms with Gasteiger partial charge in [-0.15, -0.1) is 0 Å². The molecular weight excluding hydrogens is 293 g/mol. The second kappa shape index (κ2) is 5.85. The zero-order valence-corrected chi connectivity index (χ0v) is 12.0. The lowest BCUT2D eigenvalue weighted by molar-refractivity contribution is 0.618. The Kier molecular flexibility index (Phi) is 3.92. The first-order chi connectivity index (χ1) is 10.1. The highest BCUT2D eigenvalue weighted by molar-refractivity contribution is 6.32. The molecule has 0 bridgehead atoms. The summed E-state index contributed by atoms with van der Waals surface area (Å²) in [5.74, 6) is 0.0454. The van der Waals surface area contributed by atoms with Crippen molar-refractivity contribution < 1.29 is 4.39 Å². The molecule has 1 saturated carbocycles. The Hall–Kier alpha value is -1.88. The number of aromatic nitrogens is 2. The monoisotopic (exact) mass is 307 g/mol. The van der Waals surface area contributed by atoms with E-state index >= 15 is 0 Å². The van der Waals surface area contributed by atoms with Crippen LogP contribution < -0.4 is 10.9 Å². The number of nitrogens with zero attached hydrogens (tertiary/aromatic N) is 1. The summed E-state index contributed by atoms with van der Waals surface area (Å²) in [6.45, 7) is 0. The predicted molar refractivity (Wildman–Crippen MR) is 80.3 cm³/mol. The average Bonchev–Trinajstić information content (AvgIpc) is 2.93. The lowest BCUT2D eigenvalue weighted by atomic mass is 9.94. The molecule has 3 rings (SSSR count). The molecule has 6 heteroatoms. The minimum Gasteiger partial charge on any atom is -0.379 e. The van der Waals surface area contributed by atoms with Crippen LogP contribution in [0.5, 0.6) is 0 Å². The molecular formula is C15H15ClFN3O. The Bertz CT molecular complexity index is 686. The van der Waals surface area contributed by atoms with Gasteiger partial charge in [0, 0.05) is 12.0 Å². The van der Waals surface area contributed by atoms with Gasteiger partial charge in [-0.3, -0.25) is 4.79 Å². The van der Waals surface area contributed by atoms with E-state index in [4.69, 9.17) is 11.6 Å². The molecule has 2 N–H and O–H groups in total. The molecule has 2 atom stereocenters. The first-order valence-corrected chi connectivity index (χ1v) is 7.28. The first kappa shape index (κ1) is 14.1. The number of rotatable bonds is 3. The first-order valence-electron chi connectivity index (χ1n) is 6.90. The highest BCUT2D eigenvalue weighted by atomic mass is 35.5. The maximum absolute atomic E-state index is 13.0. The van der Waals surface area contributed by atoms with Gasteiger partial charge in [-0.25, -0.2) is 9.49 Å². The Labute approximate surface area is 126 Å². The molecule has 0 radical (unpaired) electrons. The van der Waals surface area contributed by atoms with Crippen molar-refractivity contribution >= 4 is 17.3 Å². The van der Waals surface area contributed by atoms with Gasteiger partial charge < -0.3 is 5.32 Å². The van der Waals surface area contributed by atoms with Crippen LogP contribution in [0.2, 0.25) is 5.02 Å². The number of anilines is 1. The summed E-state index contributed by atoms with van der Waals surface area (Å²) in [6, 6.07) is 6.76. The number of hydrogen-bond donors (Lipinski definition) is 2. The molecule has 4 nitrogen and oxygen atoms in total.